The highest BCUT2D eigenvalue weighted by Crippen LogP contribution is 2.31. The van der Waals surface area contributed by atoms with Crippen LogP contribution in [-0.4, -0.2) is 46.8 Å². The van der Waals surface area contributed by atoms with E-state index < -0.39 is 0 Å². The van der Waals surface area contributed by atoms with Crippen molar-refractivity contribution >= 4 is 11.0 Å². The maximum absolute atomic E-state index is 12.3. The van der Waals surface area contributed by atoms with Crippen LogP contribution in [0.5, 0.6) is 11.5 Å². The Hall–Kier alpha value is -2.73. The Bertz CT molecular complexity index is 1020. The summed E-state index contributed by atoms with van der Waals surface area (Å²) in [7, 11) is 2.09. The number of H-pyrrole nitrogens is 1. The zero-order chi connectivity index (χ0) is 17.7. The molecule has 0 amide bonds. The van der Waals surface area contributed by atoms with Crippen LogP contribution in [0.3, 0.4) is 0 Å². The lowest BCUT2D eigenvalue weighted by Crippen LogP contribution is -2.47. The van der Waals surface area contributed by atoms with Gasteiger partial charge >= 0.3 is 5.69 Å². The predicted octanol–water partition coefficient (Wildman–Crippen LogP) is 2.03. The minimum atomic E-state index is -0.0308. The van der Waals surface area contributed by atoms with Gasteiger partial charge in [0.15, 0.2) is 11.5 Å². The number of nitrogens with zero attached hydrogens (tertiary/aromatic N) is 2. The first-order valence-electron chi connectivity index (χ1n) is 8.98. The van der Waals surface area contributed by atoms with Crippen molar-refractivity contribution in [1.82, 2.24) is 14.5 Å². The fourth-order valence-corrected chi connectivity index (χ4v) is 4.08. The van der Waals surface area contributed by atoms with E-state index in [1.807, 2.05) is 41.0 Å². The van der Waals surface area contributed by atoms with Crippen LogP contribution < -0.4 is 15.2 Å². The van der Waals surface area contributed by atoms with Gasteiger partial charge in [0.05, 0.1) is 11.0 Å². The largest absolute Gasteiger partial charge is 0.486 e. The number of hydrogen-bond acceptors (Lipinski definition) is 4. The van der Waals surface area contributed by atoms with Gasteiger partial charge in [-0.3, -0.25) is 9.47 Å². The van der Waals surface area contributed by atoms with Crippen LogP contribution in [0, 0.1) is 0 Å². The molecule has 0 bridgehead atoms. The average Bonchev–Trinajstić information content (AvgIpc) is 2.99. The Balaban J connectivity index is 1.34. The van der Waals surface area contributed by atoms with Crippen molar-refractivity contribution in [3.63, 3.8) is 0 Å². The third kappa shape index (κ3) is 2.49. The topological polar surface area (TPSA) is 59.5 Å². The number of likely N-dealkylation sites (N-methyl/N-ethyl adjacent to an activating group) is 1. The van der Waals surface area contributed by atoms with E-state index in [0.717, 1.165) is 35.5 Å². The van der Waals surface area contributed by atoms with E-state index >= 15 is 0 Å². The standard InChI is InChI=1S/C20H21N3O3/c1-22(11-15-12-25-17-7-2-3-8-18(17)26-15)14-9-13-5-4-6-16-19(13)23(10-14)20(24)21-16/h2-8,14-15H,9-12H2,1H3,(H,21,24)/t14-,15?/m0/s1. The highest BCUT2D eigenvalue weighted by molar-refractivity contribution is 5.79. The molecule has 2 atom stereocenters. The van der Waals surface area contributed by atoms with E-state index in [9.17, 15) is 4.79 Å². The number of benzene rings is 2. The summed E-state index contributed by atoms with van der Waals surface area (Å²) >= 11 is 0. The molecule has 3 aromatic rings. The second-order valence-corrected chi connectivity index (χ2v) is 7.15. The van der Waals surface area contributed by atoms with Gasteiger partial charge in [-0.15, -0.1) is 0 Å². The molecule has 0 spiro atoms. The van der Waals surface area contributed by atoms with Gasteiger partial charge in [-0.1, -0.05) is 24.3 Å². The van der Waals surface area contributed by atoms with E-state index in [2.05, 4.69) is 23.0 Å². The molecule has 26 heavy (non-hydrogen) atoms. The summed E-state index contributed by atoms with van der Waals surface area (Å²) in [5.74, 6) is 1.61. The summed E-state index contributed by atoms with van der Waals surface area (Å²) in [4.78, 5) is 17.5. The van der Waals surface area contributed by atoms with E-state index in [4.69, 9.17) is 9.47 Å². The van der Waals surface area contributed by atoms with Crippen LogP contribution in [0.15, 0.2) is 47.3 Å². The highest BCUT2D eigenvalue weighted by Gasteiger charge is 2.29. The van der Waals surface area contributed by atoms with Gasteiger partial charge in [0.1, 0.15) is 12.7 Å². The van der Waals surface area contributed by atoms with Crippen molar-refractivity contribution in [2.45, 2.75) is 25.1 Å². The zero-order valence-corrected chi connectivity index (χ0v) is 14.6. The Labute approximate surface area is 151 Å². The van der Waals surface area contributed by atoms with Crippen LogP contribution in [0.1, 0.15) is 5.56 Å². The fraction of sp³-hybridized carbons (Fsp3) is 0.350. The van der Waals surface area contributed by atoms with Gasteiger partial charge in [-0.25, -0.2) is 4.79 Å². The van der Waals surface area contributed by atoms with E-state index in [-0.39, 0.29) is 17.8 Å². The lowest BCUT2D eigenvalue weighted by atomic mass is 9.99. The number of fused-ring (bicyclic) bond motifs is 1. The first-order valence-corrected chi connectivity index (χ1v) is 8.98. The SMILES string of the molecule is CN(CC1COc2ccccc2O1)[C@H]1Cc2cccc3[nH]c(=O)n(c23)C1. The summed E-state index contributed by atoms with van der Waals surface area (Å²) in [6.45, 7) is 1.99. The van der Waals surface area contributed by atoms with Crippen molar-refractivity contribution in [2.75, 3.05) is 20.2 Å². The summed E-state index contributed by atoms with van der Waals surface area (Å²) in [5, 5.41) is 0. The van der Waals surface area contributed by atoms with Gasteiger partial charge in [0.25, 0.3) is 0 Å². The number of imidazole rings is 1. The molecule has 6 heteroatoms. The van der Waals surface area contributed by atoms with Crippen LogP contribution in [-0.2, 0) is 13.0 Å². The molecule has 6 nitrogen and oxygen atoms in total. The molecule has 0 radical (unpaired) electrons. The molecular formula is C20H21N3O3. The highest BCUT2D eigenvalue weighted by atomic mass is 16.6. The Morgan fingerprint density at radius 3 is 2.92 bits per heavy atom. The normalized spacial score (nSPS) is 21.3. The molecule has 1 aromatic heterocycles. The van der Waals surface area contributed by atoms with Crippen LogP contribution in [0.4, 0.5) is 0 Å². The smallest absolute Gasteiger partial charge is 0.326 e. The number of aromatic amines is 1. The Morgan fingerprint density at radius 2 is 2.04 bits per heavy atom. The monoisotopic (exact) mass is 351 g/mol. The quantitative estimate of drug-likeness (QED) is 0.784. The molecule has 2 aliphatic rings. The molecule has 0 saturated heterocycles. The molecule has 5 rings (SSSR count). The molecule has 2 aromatic carbocycles. The predicted molar refractivity (Wildman–Crippen MR) is 99.0 cm³/mol. The number of para-hydroxylation sites is 3. The minimum absolute atomic E-state index is 0.0185. The summed E-state index contributed by atoms with van der Waals surface area (Å²) in [6.07, 6.45) is 0.907. The third-order valence-corrected chi connectivity index (χ3v) is 5.41. The maximum Gasteiger partial charge on any atom is 0.326 e. The van der Waals surface area contributed by atoms with Crippen LogP contribution >= 0.6 is 0 Å². The van der Waals surface area contributed by atoms with E-state index in [0.29, 0.717) is 13.2 Å². The average molecular weight is 351 g/mol. The van der Waals surface area contributed by atoms with Crippen molar-refractivity contribution < 1.29 is 9.47 Å². The number of nitrogens with one attached hydrogen (secondary N) is 1. The lowest BCUT2D eigenvalue weighted by Gasteiger charge is -2.35. The number of aromatic nitrogens is 2. The first kappa shape index (κ1) is 15.5. The van der Waals surface area contributed by atoms with E-state index in [1.165, 1.54) is 5.56 Å². The fourth-order valence-electron chi connectivity index (χ4n) is 4.08. The molecule has 0 saturated carbocycles. The van der Waals surface area contributed by atoms with Crippen molar-refractivity contribution in [2.24, 2.45) is 0 Å². The van der Waals surface area contributed by atoms with Gasteiger partial charge < -0.3 is 14.5 Å². The molecule has 1 unspecified atom stereocenters. The van der Waals surface area contributed by atoms with Crippen LogP contribution in [0.2, 0.25) is 0 Å². The maximum atomic E-state index is 12.3. The number of ether oxygens (including phenoxy) is 2. The van der Waals surface area contributed by atoms with Gasteiger partial charge in [-0.05, 0) is 37.2 Å². The first-order chi connectivity index (χ1) is 12.7. The van der Waals surface area contributed by atoms with Crippen LogP contribution in [0.25, 0.3) is 11.0 Å². The summed E-state index contributed by atoms with van der Waals surface area (Å²) in [6, 6.07) is 14.1. The third-order valence-electron chi connectivity index (χ3n) is 5.41. The summed E-state index contributed by atoms with van der Waals surface area (Å²) in [5.41, 5.74) is 3.16. The molecule has 0 fully saturated rings. The minimum Gasteiger partial charge on any atom is -0.486 e. The molecule has 2 aliphatic heterocycles. The number of hydrogen-bond donors (Lipinski definition) is 1. The van der Waals surface area contributed by atoms with Crippen molar-refractivity contribution in [3.8, 4) is 11.5 Å². The number of rotatable bonds is 3. The summed E-state index contributed by atoms with van der Waals surface area (Å²) < 4.78 is 13.8. The lowest BCUT2D eigenvalue weighted by molar-refractivity contribution is 0.0513. The molecule has 134 valence electrons. The molecule has 3 heterocycles. The Kier molecular flexibility index (Phi) is 3.53. The molecule has 1 N–H and O–H groups in total. The zero-order valence-electron chi connectivity index (χ0n) is 14.6. The second kappa shape index (κ2) is 5.92. The van der Waals surface area contributed by atoms with Crippen molar-refractivity contribution in [1.29, 1.82) is 0 Å². The molecular weight excluding hydrogens is 330 g/mol. The van der Waals surface area contributed by atoms with E-state index in [1.54, 1.807) is 0 Å². The van der Waals surface area contributed by atoms with Gasteiger partial charge in [-0.2, -0.15) is 0 Å². The van der Waals surface area contributed by atoms with Crippen molar-refractivity contribution in [3.05, 3.63) is 58.5 Å². The van der Waals surface area contributed by atoms with Gasteiger partial charge in [0.2, 0.25) is 0 Å². The van der Waals surface area contributed by atoms with Gasteiger partial charge in [0, 0.05) is 19.1 Å². The Morgan fingerprint density at radius 1 is 1.19 bits per heavy atom. The second-order valence-electron chi connectivity index (χ2n) is 7.15. The molecule has 0 aliphatic carbocycles.